The fourth-order valence-corrected chi connectivity index (χ4v) is 7.00. The number of fused-ring (bicyclic) bond motifs is 3. The Bertz CT molecular complexity index is 1410. The fraction of sp³-hybridized carbons (Fsp3) is 0.250. The number of hydrogen-bond donors (Lipinski definition) is 3. The van der Waals surface area contributed by atoms with Crippen LogP contribution >= 0.6 is 11.6 Å². The molecule has 2 aromatic carbocycles. The third kappa shape index (κ3) is 2.87. The molecule has 34 heavy (non-hydrogen) atoms. The van der Waals surface area contributed by atoms with E-state index in [2.05, 4.69) is 14.6 Å². The van der Waals surface area contributed by atoms with Gasteiger partial charge in [-0.05, 0) is 18.2 Å². The summed E-state index contributed by atoms with van der Waals surface area (Å²) >= 11 is 6.14. The number of sulfonamides is 1. The predicted molar refractivity (Wildman–Crippen MR) is 125 cm³/mol. The molecule has 0 amide bonds. The van der Waals surface area contributed by atoms with Crippen LogP contribution in [0.2, 0.25) is 5.02 Å². The Labute approximate surface area is 201 Å². The summed E-state index contributed by atoms with van der Waals surface area (Å²) in [6, 6.07) is 16.5. The van der Waals surface area contributed by atoms with Gasteiger partial charge >= 0.3 is 0 Å². The van der Waals surface area contributed by atoms with Gasteiger partial charge in [0.1, 0.15) is 22.8 Å². The van der Waals surface area contributed by atoms with Crippen LogP contribution in [0.1, 0.15) is 22.7 Å². The molecule has 5 atom stereocenters. The Morgan fingerprint density at radius 1 is 1.18 bits per heavy atom. The van der Waals surface area contributed by atoms with Gasteiger partial charge in [0.05, 0.1) is 17.5 Å². The minimum absolute atomic E-state index is 0.00612. The van der Waals surface area contributed by atoms with Crippen LogP contribution in [0, 0.1) is 6.57 Å². The van der Waals surface area contributed by atoms with E-state index < -0.39 is 38.5 Å². The van der Waals surface area contributed by atoms with E-state index in [0.29, 0.717) is 16.8 Å². The van der Waals surface area contributed by atoms with Gasteiger partial charge in [-0.2, -0.15) is 0 Å². The molecule has 3 aromatic rings. The van der Waals surface area contributed by atoms with Crippen LogP contribution in [-0.2, 0) is 21.2 Å². The van der Waals surface area contributed by atoms with Gasteiger partial charge in [0, 0.05) is 12.3 Å². The molecule has 0 unspecified atom stereocenters. The van der Waals surface area contributed by atoms with Gasteiger partial charge in [0.15, 0.2) is 16.9 Å². The molecule has 1 aromatic heterocycles. The Kier molecular flexibility index (Phi) is 5.20. The van der Waals surface area contributed by atoms with Crippen molar-refractivity contribution in [2.75, 3.05) is 7.05 Å². The number of nitrogens with zero attached hydrogens (tertiary/aromatic N) is 2. The maximum atomic E-state index is 13.3. The van der Waals surface area contributed by atoms with Gasteiger partial charge < -0.3 is 14.9 Å². The molecule has 8 nitrogen and oxygen atoms in total. The van der Waals surface area contributed by atoms with Crippen molar-refractivity contribution in [3.63, 3.8) is 0 Å². The van der Waals surface area contributed by atoms with E-state index in [-0.39, 0.29) is 16.5 Å². The highest BCUT2D eigenvalue weighted by Crippen LogP contribution is 2.67. The minimum Gasteiger partial charge on any atom is -0.476 e. The van der Waals surface area contributed by atoms with Crippen LogP contribution in [-0.4, -0.2) is 42.0 Å². The second-order valence-electron chi connectivity index (χ2n) is 8.31. The second kappa shape index (κ2) is 7.77. The maximum Gasteiger partial charge on any atom is 0.217 e. The van der Waals surface area contributed by atoms with Gasteiger partial charge in [-0.3, -0.25) is 4.98 Å². The normalized spacial score (nSPS) is 29.7. The number of pyridine rings is 1. The molecule has 1 fully saturated rings. The van der Waals surface area contributed by atoms with Crippen molar-refractivity contribution in [1.82, 2.24) is 9.71 Å². The van der Waals surface area contributed by atoms with Gasteiger partial charge in [-0.15, -0.1) is 0 Å². The summed E-state index contributed by atoms with van der Waals surface area (Å²) in [6.45, 7) is 7.27. The molecule has 0 radical (unpaired) electrons. The van der Waals surface area contributed by atoms with Crippen molar-refractivity contribution in [2.45, 2.75) is 28.5 Å². The largest absolute Gasteiger partial charge is 0.476 e. The highest BCUT2D eigenvalue weighted by Gasteiger charge is 2.79. The van der Waals surface area contributed by atoms with E-state index in [1.807, 2.05) is 0 Å². The van der Waals surface area contributed by atoms with Crippen molar-refractivity contribution >= 4 is 27.3 Å². The molecule has 1 saturated carbocycles. The van der Waals surface area contributed by atoms with Crippen molar-refractivity contribution in [3.8, 4) is 5.75 Å². The third-order valence-corrected chi connectivity index (χ3v) is 8.77. The summed E-state index contributed by atoms with van der Waals surface area (Å²) in [5, 5.41) is 22.7. The number of ether oxygens (including phenoxy) is 1. The highest BCUT2D eigenvalue weighted by molar-refractivity contribution is 7.90. The molecule has 0 saturated heterocycles. The van der Waals surface area contributed by atoms with Crippen molar-refractivity contribution < 1.29 is 23.4 Å². The van der Waals surface area contributed by atoms with Crippen LogP contribution in [0.15, 0.2) is 66.9 Å². The van der Waals surface area contributed by atoms with Crippen LogP contribution in [0.4, 0.5) is 5.69 Å². The lowest BCUT2D eigenvalue weighted by atomic mass is 9.72. The maximum absolute atomic E-state index is 13.3. The first-order valence-electron chi connectivity index (χ1n) is 10.4. The zero-order valence-electron chi connectivity index (χ0n) is 17.9. The lowest BCUT2D eigenvalue weighted by Crippen LogP contribution is -2.52. The van der Waals surface area contributed by atoms with Crippen LogP contribution in [0.3, 0.4) is 0 Å². The lowest BCUT2D eigenvalue weighted by molar-refractivity contribution is -0.150. The Hall–Kier alpha value is -3.00. The number of halogens is 1. The van der Waals surface area contributed by atoms with E-state index in [1.165, 1.54) is 19.3 Å². The molecule has 10 heteroatoms. The number of aliphatic hydroxyl groups excluding tert-OH is 1. The van der Waals surface area contributed by atoms with Gasteiger partial charge in [-0.1, -0.05) is 66.2 Å². The van der Waals surface area contributed by atoms with E-state index >= 15 is 0 Å². The smallest absolute Gasteiger partial charge is 0.217 e. The molecule has 2 heterocycles. The minimum atomic E-state index is -4.14. The Morgan fingerprint density at radius 3 is 2.47 bits per heavy atom. The number of benzene rings is 2. The molecule has 174 valence electrons. The van der Waals surface area contributed by atoms with E-state index in [0.717, 1.165) is 0 Å². The Morgan fingerprint density at radius 2 is 1.85 bits per heavy atom. The first-order chi connectivity index (χ1) is 16.2. The molecular formula is C24H20ClN3O5S. The summed E-state index contributed by atoms with van der Waals surface area (Å²) in [5.74, 6) is -0.914. The lowest BCUT2D eigenvalue weighted by Gasteiger charge is -2.40. The van der Waals surface area contributed by atoms with Crippen LogP contribution < -0.4 is 9.46 Å². The molecule has 5 rings (SSSR count). The summed E-state index contributed by atoms with van der Waals surface area (Å²) in [4.78, 5) is 7.68. The van der Waals surface area contributed by atoms with Gasteiger partial charge in [0.25, 0.3) is 0 Å². The highest BCUT2D eigenvalue weighted by atomic mass is 35.5. The second-order valence-corrected chi connectivity index (χ2v) is 10.8. The van der Waals surface area contributed by atoms with Crippen molar-refractivity contribution in [1.29, 1.82) is 0 Å². The summed E-state index contributed by atoms with van der Waals surface area (Å²) in [7, 11) is -2.88. The predicted octanol–water partition coefficient (Wildman–Crippen LogP) is 2.84. The first-order valence-corrected chi connectivity index (χ1v) is 12.3. The molecule has 1 aliphatic carbocycles. The van der Waals surface area contributed by atoms with E-state index in [4.69, 9.17) is 22.9 Å². The average Bonchev–Trinajstić information content (AvgIpc) is 3.22. The van der Waals surface area contributed by atoms with Crippen LogP contribution in [0.25, 0.3) is 4.85 Å². The van der Waals surface area contributed by atoms with Gasteiger partial charge in [0.2, 0.25) is 10.0 Å². The molecule has 0 spiro atoms. The summed E-state index contributed by atoms with van der Waals surface area (Å²) in [5.41, 5.74) is -2.76. The zero-order valence-corrected chi connectivity index (χ0v) is 19.5. The number of hydrogen-bond acceptors (Lipinski definition) is 6. The standard InChI is InChI=1S/C24H20ClN3O5S/c1-26-17-10-8-15(9-11-17)24-19(14-6-4-3-5-7-14)20(34(31,32)27-2)22(29)23(24,30)21-18(33-24)12-16(25)13-28-21/h3-13,19-20,22,27,29-30H,2H3/t19-,20-,22-,23+,24+/m1/s1. The fourth-order valence-electron chi connectivity index (χ4n) is 5.34. The number of aromatic nitrogens is 1. The number of aliphatic hydroxyl groups is 2. The SMILES string of the molecule is [C-]#[N+]c1ccc([C@@]23Oc4cc(Cl)cnc4[C@]2(O)[C@H](O)[C@H](S(=O)(=O)NC)[C@H]3c2ccccc2)cc1. The van der Waals surface area contributed by atoms with E-state index in [9.17, 15) is 18.6 Å². The summed E-state index contributed by atoms with van der Waals surface area (Å²) < 4.78 is 35.3. The molecule has 2 aliphatic rings. The van der Waals surface area contributed by atoms with Crippen molar-refractivity contribution in [2.24, 2.45) is 0 Å². The molecule has 1 aliphatic heterocycles. The quantitative estimate of drug-likeness (QED) is 0.478. The number of nitrogens with one attached hydrogen (secondary N) is 1. The average molecular weight is 498 g/mol. The third-order valence-electron chi connectivity index (χ3n) is 6.75. The topological polar surface area (TPSA) is 113 Å². The molecule has 3 N–H and O–H groups in total. The van der Waals surface area contributed by atoms with Crippen LogP contribution in [0.5, 0.6) is 5.75 Å². The number of rotatable bonds is 4. The van der Waals surface area contributed by atoms with Crippen molar-refractivity contribution in [3.05, 3.63) is 100 Å². The zero-order chi connectivity index (χ0) is 24.3. The molecular weight excluding hydrogens is 478 g/mol. The first kappa shape index (κ1) is 22.8. The summed E-state index contributed by atoms with van der Waals surface area (Å²) in [6.07, 6.45) is -0.505. The van der Waals surface area contributed by atoms with E-state index in [1.54, 1.807) is 54.6 Å². The Balaban J connectivity index is 1.89. The monoisotopic (exact) mass is 497 g/mol. The molecule has 0 bridgehead atoms. The van der Waals surface area contributed by atoms with Gasteiger partial charge in [-0.25, -0.2) is 18.0 Å².